The molecule has 2 aromatic rings. The number of methoxy groups -OCH3 is 1. The summed E-state index contributed by atoms with van der Waals surface area (Å²) in [6.45, 7) is -2.98. The molecule has 1 N–H and O–H groups in total. The molecule has 0 bridgehead atoms. The monoisotopic (exact) mass is 354 g/mol. The first-order valence-electron chi connectivity index (χ1n) is 6.72. The number of hydrazone groups is 1. The zero-order valence-corrected chi connectivity index (χ0v) is 13.3. The predicted octanol–water partition coefficient (Wildman–Crippen LogP) is 3.71. The SMILES string of the molecule is COc1ccc(/C=N\NC(=O)c2ccccc2Cl)cc1OC(F)F. The Morgan fingerprint density at radius 3 is 2.67 bits per heavy atom. The molecule has 0 fully saturated rings. The maximum absolute atomic E-state index is 12.4. The largest absolute Gasteiger partial charge is 0.493 e. The molecule has 2 aromatic carbocycles. The van der Waals surface area contributed by atoms with Crippen molar-refractivity contribution in [1.82, 2.24) is 5.43 Å². The first kappa shape index (κ1) is 17.7. The number of ether oxygens (including phenoxy) is 2. The van der Waals surface area contributed by atoms with Gasteiger partial charge in [-0.2, -0.15) is 13.9 Å². The summed E-state index contributed by atoms with van der Waals surface area (Å²) in [7, 11) is 1.34. The van der Waals surface area contributed by atoms with Gasteiger partial charge in [0.05, 0.1) is 23.9 Å². The minimum Gasteiger partial charge on any atom is -0.493 e. The van der Waals surface area contributed by atoms with E-state index in [1.165, 1.54) is 25.5 Å². The van der Waals surface area contributed by atoms with Crippen molar-refractivity contribution in [1.29, 1.82) is 0 Å². The van der Waals surface area contributed by atoms with Gasteiger partial charge in [0.2, 0.25) is 0 Å². The van der Waals surface area contributed by atoms with Crippen LogP contribution in [-0.2, 0) is 0 Å². The number of hydrogen-bond acceptors (Lipinski definition) is 4. The molecule has 0 radical (unpaired) electrons. The lowest BCUT2D eigenvalue weighted by atomic mass is 10.2. The summed E-state index contributed by atoms with van der Waals surface area (Å²) in [6.07, 6.45) is 1.28. The second-order valence-electron chi connectivity index (χ2n) is 4.47. The second kappa shape index (κ2) is 8.26. The summed E-state index contributed by atoms with van der Waals surface area (Å²) in [5.74, 6) is -0.462. The lowest BCUT2D eigenvalue weighted by molar-refractivity contribution is -0.0512. The van der Waals surface area contributed by atoms with Gasteiger partial charge in [0, 0.05) is 0 Å². The minimum absolute atomic E-state index is 0.131. The normalized spacial score (nSPS) is 10.9. The van der Waals surface area contributed by atoms with Gasteiger partial charge in [-0.05, 0) is 35.9 Å². The summed E-state index contributed by atoms with van der Waals surface area (Å²) in [4.78, 5) is 11.9. The number of hydrogen-bond donors (Lipinski definition) is 1. The average Bonchev–Trinajstić information content (AvgIpc) is 2.55. The number of carbonyl (C=O) groups excluding carboxylic acids is 1. The van der Waals surface area contributed by atoms with Crippen molar-refractivity contribution >= 4 is 23.7 Å². The number of nitrogens with zero attached hydrogens (tertiary/aromatic N) is 1. The van der Waals surface area contributed by atoms with Crippen LogP contribution in [0.4, 0.5) is 8.78 Å². The van der Waals surface area contributed by atoms with E-state index in [0.717, 1.165) is 0 Å². The van der Waals surface area contributed by atoms with Crippen LogP contribution in [0.5, 0.6) is 11.5 Å². The van der Waals surface area contributed by atoms with Crippen LogP contribution in [0.2, 0.25) is 5.02 Å². The Balaban J connectivity index is 2.09. The van der Waals surface area contributed by atoms with E-state index in [9.17, 15) is 13.6 Å². The number of carbonyl (C=O) groups is 1. The molecule has 0 unspecified atom stereocenters. The van der Waals surface area contributed by atoms with Gasteiger partial charge < -0.3 is 9.47 Å². The summed E-state index contributed by atoms with van der Waals surface area (Å²) in [6, 6.07) is 10.8. The van der Waals surface area contributed by atoms with Crippen molar-refractivity contribution in [3.63, 3.8) is 0 Å². The Morgan fingerprint density at radius 2 is 2.00 bits per heavy atom. The standard InChI is InChI=1S/C16H13ClF2N2O3/c1-23-13-7-6-10(8-14(13)24-16(18)19)9-20-21-15(22)11-4-2-3-5-12(11)17/h2-9,16H,1H3,(H,21,22)/b20-9-. The number of rotatable bonds is 6. The highest BCUT2D eigenvalue weighted by molar-refractivity contribution is 6.33. The highest BCUT2D eigenvalue weighted by Crippen LogP contribution is 2.28. The average molecular weight is 355 g/mol. The van der Waals surface area contributed by atoms with Gasteiger partial charge in [-0.15, -0.1) is 0 Å². The Kier molecular flexibility index (Phi) is 6.08. The fourth-order valence-electron chi connectivity index (χ4n) is 1.83. The highest BCUT2D eigenvalue weighted by atomic mass is 35.5. The fraction of sp³-hybridized carbons (Fsp3) is 0.125. The first-order chi connectivity index (χ1) is 11.5. The van der Waals surface area contributed by atoms with Crippen LogP contribution in [0.1, 0.15) is 15.9 Å². The molecule has 1 amide bonds. The van der Waals surface area contributed by atoms with Crippen molar-refractivity contribution < 1.29 is 23.0 Å². The molecule has 0 aromatic heterocycles. The molecule has 0 spiro atoms. The molecule has 0 heterocycles. The molecular formula is C16H13ClF2N2O3. The van der Waals surface area contributed by atoms with Crippen molar-refractivity contribution in [3.8, 4) is 11.5 Å². The zero-order chi connectivity index (χ0) is 17.5. The Morgan fingerprint density at radius 1 is 1.25 bits per heavy atom. The quantitative estimate of drug-likeness (QED) is 0.635. The second-order valence-corrected chi connectivity index (χ2v) is 4.87. The van der Waals surface area contributed by atoms with Crippen LogP contribution < -0.4 is 14.9 Å². The van der Waals surface area contributed by atoms with Gasteiger partial charge in [0.15, 0.2) is 11.5 Å². The summed E-state index contributed by atoms with van der Waals surface area (Å²) < 4.78 is 34.0. The topological polar surface area (TPSA) is 59.9 Å². The molecule has 2 rings (SSSR count). The van der Waals surface area contributed by atoms with Gasteiger partial charge >= 0.3 is 6.61 Å². The summed E-state index contributed by atoms with van der Waals surface area (Å²) >= 11 is 5.90. The number of benzene rings is 2. The molecule has 5 nitrogen and oxygen atoms in total. The number of nitrogens with one attached hydrogen (secondary N) is 1. The summed E-state index contributed by atoms with van der Waals surface area (Å²) in [5, 5.41) is 4.06. The van der Waals surface area contributed by atoms with Crippen LogP contribution in [0.25, 0.3) is 0 Å². The van der Waals surface area contributed by atoms with Gasteiger partial charge in [0.1, 0.15) is 0 Å². The van der Waals surface area contributed by atoms with Crippen molar-refractivity contribution in [2.45, 2.75) is 6.61 Å². The third-order valence-electron chi connectivity index (χ3n) is 2.90. The predicted molar refractivity (Wildman–Crippen MR) is 86.1 cm³/mol. The molecule has 0 saturated carbocycles. The van der Waals surface area contributed by atoms with E-state index in [4.69, 9.17) is 16.3 Å². The third-order valence-corrected chi connectivity index (χ3v) is 3.23. The van der Waals surface area contributed by atoms with Gasteiger partial charge in [-0.25, -0.2) is 5.43 Å². The maximum atomic E-state index is 12.4. The molecular weight excluding hydrogens is 342 g/mol. The van der Waals surface area contributed by atoms with Gasteiger partial charge in [0.25, 0.3) is 5.91 Å². The van der Waals surface area contributed by atoms with E-state index in [0.29, 0.717) is 10.6 Å². The maximum Gasteiger partial charge on any atom is 0.387 e. The van der Waals surface area contributed by atoms with E-state index < -0.39 is 12.5 Å². The Hall–Kier alpha value is -2.67. The Labute approximate surface area is 141 Å². The molecule has 8 heteroatoms. The van der Waals surface area contributed by atoms with Crippen LogP contribution in [0.3, 0.4) is 0 Å². The van der Waals surface area contributed by atoms with Crippen molar-refractivity contribution in [3.05, 3.63) is 58.6 Å². The molecule has 24 heavy (non-hydrogen) atoms. The fourth-order valence-corrected chi connectivity index (χ4v) is 2.05. The highest BCUT2D eigenvalue weighted by Gasteiger charge is 2.11. The van der Waals surface area contributed by atoms with Gasteiger partial charge in [-0.3, -0.25) is 4.79 Å². The first-order valence-corrected chi connectivity index (χ1v) is 7.10. The van der Waals surface area contributed by atoms with Gasteiger partial charge in [-0.1, -0.05) is 23.7 Å². The van der Waals surface area contributed by atoms with Crippen molar-refractivity contribution in [2.75, 3.05) is 7.11 Å². The van der Waals surface area contributed by atoms with E-state index in [1.807, 2.05) is 0 Å². The zero-order valence-electron chi connectivity index (χ0n) is 12.5. The van der Waals surface area contributed by atoms with E-state index in [2.05, 4.69) is 15.3 Å². The van der Waals surface area contributed by atoms with Crippen LogP contribution in [0.15, 0.2) is 47.6 Å². The lowest BCUT2D eigenvalue weighted by Crippen LogP contribution is -2.17. The van der Waals surface area contributed by atoms with Crippen molar-refractivity contribution in [2.24, 2.45) is 5.10 Å². The molecule has 0 aliphatic carbocycles. The number of halogens is 3. The van der Waals surface area contributed by atoms with E-state index in [1.54, 1.807) is 30.3 Å². The molecule has 0 saturated heterocycles. The summed E-state index contributed by atoms with van der Waals surface area (Å²) in [5.41, 5.74) is 3.01. The molecule has 0 aliphatic rings. The molecule has 0 atom stereocenters. The molecule has 126 valence electrons. The van der Waals surface area contributed by atoms with Crippen LogP contribution in [-0.4, -0.2) is 25.8 Å². The molecule has 0 aliphatic heterocycles. The number of amides is 1. The minimum atomic E-state index is -2.98. The van der Waals surface area contributed by atoms with E-state index >= 15 is 0 Å². The van der Waals surface area contributed by atoms with E-state index in [-0.39, 0.29) is 17.1 Å². The van der Waals surface area contributed by atoms with Crippen LogP contribution >= 0.6 is 11.6 Å². The number of alkyl halides is 2. The smallest absolute Gasteiger partial charge is 0.387 e. The Bertz CT molecular complexity index is 754. The van der Waals surface area contributed by atoms with Crippen LogP contribution in [0, 0.1) is 0 Å². The lowest BCUT2D eigenvalue weighted by Gasteiger charge is -2.10. The third kappa shape index (κ3) is 4.66.